The van der Waals surface area contributed by atoms with Crippen LogP contribution in [-0.2, 0) is 6.61 Å². The van der Waals surface area contributed by atoms with Gasteiger partial charge in [-0.05, 0) is 77.0 Å². The number of nitrogens with one attached hydrogen (secondary N) is 1. The predicted octanol–water partition coefficient (Wildman–Crippen LogP) is 5.71. The Hall–Kier alpha value is -2.39. The van der Waals surface area contributed by atoms with Crippen LogP contribution in [0.2, 0.25) is 0 Å². The number of carbonyl (C=O) groups is 1. The Balaban J connectivity index is 1.69. The van der Waals surface area contributed by atoms with E-state index in [1.165, 1.54) is 0 Å². The molecule has 0 saturated carbocycles. The number of methoxy groups -OCH3 is 1. The molecule has 0 aromatic heterocycles. The number of carbonyl (C=O) groups excluding carboxylic acids is 1. The van der Waals surface area contributed by atoms with E-state index in [2.05, 4.69) is 49.0 Å². The summed E-state index contributed by atoms with van der Waals surface area (Å²) in [6.07, 6.45) is 1.58. The highest BCUT2D eigenvalue weighted by molar-refractivity contribution is 14.1. The van der Waals surface area contributed by atoms with Gasteiger partial charge in [0.1, 0.15) is 6.61 Å². The van der Waals surface area contributed by atoms with Crippen LogP contribution in [0.3, 0.4) is 0 Å². The van der Waals surface area contributed by atoms with E-state index in [1.807, 2.05) is 61.5 Å². The lowest BCUT2D eigenvalue weighted by Crippen LogP contribution is -2.17. The molecule has 0 atom stereocenters. The summed E-state index contributed by atoms with van der Waals surface area (Å²) in [5.74, 6) is 1.01. The topological polar surface area (TPSA) is 59.9 Å². The number of halogens is 2. The third-order valence-electron chi connectivity index (χ3n) is 4.21. The van der Waals surface area contributed by atoms with Crippen molar-refractivity contribution >= 4 is 50.6 Å². The Morgan fingerprint density at radius 3 is 2.63 bits per heavy atom. The summed E-state index contributed by atoms with van der Waals surface area (Å²) in [6.45, 7) is 2.37. The van der Waals surface area contributed by atoms with Gasteiger partial charge in [0.25, 0.3) is 5.91 Å². The van der Waals surface area contributed by atoms with Crippen LogP contribution >= 0.6 is 38.5 Å². The van der Waals surface area contributed by atoms with Crippen molar-refractivity contribution in [2.45, 2.75) is 13.5 Å². The molecule has 0 heterocycles. The van der Waals surface area contributed by atoms with E-state index in [0.29, 0.717) is 23.7 Å². The number of nitrogens with zero attached hydrogens (tertiary/aromatic N) is 1. The van der Waals surface area contributed by atoms with E-state index >= 15 is 0 Å². The van der Waals surface area contributed by atoms with Crippen molar-refractivity contribution in [1.82, 2.24) is 5.43 Å². The molecule has 1 N–H and O–H groups in total. The maximum absolute atomic E-state index is 12.2. The number of hydrogen-bond donors (Lipinski definition) is 1. The van der Waals surface area contributed by atoms with Crippen LogP contribution in [0.5, 0.6) is 11.5 Å². The maximum Gasteiger partial charge on any atom is 0.271 e. The van der Waals surface area contributed by atoms with E-state index in [4.69, 9.17) is 9.47 Å². The summed E-state index contributed by atoms with van der Waals surface area (Å²) < 4.78 is 13.4. The fourth-order valence-corrected chi connectivity index (χ4v) is 3.75. The molecule has 3 aromatic carbocycles. The van der Waals surface area contributed by atoms with Gasteiger partial charge in [-0.1, -0.05) is 45.8 Å². The standard InChI is InChI=1S/C23H20BrIN2O3/c1-15-4-3-5-18(10-15)23(28)27-26-13-17-11-20(25)22(21(12-17)29-2)30-14-16-6-8-19(24)9-7-16/h3-13H,14H2,1-2H3,(H,27,28). The monoisotopic (exact) mass is 578 g/mol. The molecule has 30 heavy (non-hydrogen) atoms. The van der Waals surface area contributed by atoms with Crippen LogP contribution in [0.15, 0.2) is 70.2 Å². The van der Waals surface area contributed by atoms with Gasteiger partial charge in [0.2, 0.25) is 0 Å². The number of amides is 1. The largest absolute Gasteiger partial charge is 0.493 e. The van der Waals surface area contributed by atoms with Crippen molar-refractivity contribution in [2.75, 3.05) is 7.11 Å². The third-order valence-corrected chi connectivity index (χ3v) is 5.54. The molecule has 154 valence electrons. The van der Waals surface area contributed by atoms with E-state index < -0.39 is 0 Å². The Morgan fingerprint density at radius 1 is 1.17 bits per heavy atom. The molecule has 0 aliphatic carbocycles. The predicted molar refractivity (Wildman–Crippen MR) is 130 cm³/mol. The van der Waals surface area contributed by atoms with Gasteiger partial charge in [-0.25, -0.2) is 5.43 Å². The zero-order valence-corrected chi connectivity index (χ0v) is 20.2. The molecule has 0 bridgehead atoms. The molecule has 5 nitrogen and oxygen atoms in total. The molecular formula is C23H20BrIN2O3. The van der Waals surface area contributed by atoms with Crippen LogP contribution < -0.4 is 14.9 Å². The van der Waals surface area contributed by atoms with Crippen LogP contribution in [-0.4, -0.2) is 19.2 Å². The second-order valence-electron chi connectivity index (χ2n) is 6.52. The number of rotatable bonds is 7. The van der Waals surface area contributed by atoms with Crippen LogP contribution in [0.1, 0.15) is 27.0 Å². The summed E-state index contributed by atoms with van der Waals surface area (Å²) in [4.78, 5) is 12.2. The number of hydrogen-bond acceptors (Lipinski definition) is 4. The molecule has 7 heteroatoms. The molecule has 0 aliphatic rings. The zero-order chi connectivity index (χ0) is 21.5. The van der Waals surface area contributed by atoms with Crippen molar-refractivity contribution in [3.05, 3.63) is 91.0 Å². The first-order chi connectivity index (χ1) is 14.5. The minimum Gasteiger partial charge on any atom is -0.493 e. The highest BCUT2D eigenvalue weighted by atomic mass is 127. The van der Waals surface area contributed by atoms with Gasteiger partial charge >= 0.3 is 0 Å². The smallest absolute Gasteiger partial charge is 0.271 e. The van der Waals surface area contributed by atoms with Crippen LogP contribution in [0.4, 0.5) is 0 Å². The van der Waals surface area contributed by atoms with Crippen LogP contribution in [0.25, 0.3) is 0 Å². The molecule has 0 fully saturated rings. The third kappa shape index (κ3) is 6.06. The van der Waals surface area contributed by atoms with Gasteiger partial charge in [-0.15, -0.1) is 0 Å². The van der Waals surface area contributed by atoms with Gasteiger partial charge in [-0.3, -0.25) is 4.79 Å². The first kappa shape index (κ1) is 22.3. The second-order valence-corrected chi connectivity index (χ2v) is 8.60. The second kappa shape index (κ2) is 10.6. The summed E-state index contributed by atoms with van der Waals surface area (Å²) in [5.41, 5.74) is 5.98. The highest BCUT2D eigenvalue weighted by Crippen LogP contribution is 2.34. The van der Waals surface area contributed by atoms with Crippen molar-refractivity contribution in [3.63, 3.8) is 0 Å². The van der Waals surface area contributed by atoms with Gasteiger partial charge in [-0.2, -0.15) is 5.10 Å². The Bertz CT molecular complexity index is 1070. The minimum atomic E-state index is -0.258. The summed E-state index contributed by atoms with van der Waals surface area (Å²) >= 11 is 5.63. The van der Waals surface area contributed by atoms with E-state index in [-0.39, 0.29) is 5.91 Å². The molecule has 0 spiro atoms. The maximum atomic E-state index is 12.2. The van der Waals surface area contributed by atoms with Gasteiger partial charge in [0.15, 0.2) is 11.5 Å². The molecule has 3 aromatic rings. The fourth-order valence-electron chi connectivity index (χ4n) is 2.71. The lowest BCUT2D eigenvalue weighted by atomic mass is 10.1. The SMILES string of the molecule is COc1cc(C=NNC(=O)c2cccc(C)c2)cc(I)c1OCc1ccc(Br)cc1. The van der Waals surface area contributed by atoms with Crippen molar-refractivity contribution in [3.8, 4) is 11.5 Å². The average molecular weight is 579 g/mol. The quantitative estimate of drug-likeness (QED) is 0.222. The molecule has 0 saturated heterocycles. The molecular weight excluding hydrogens is 559 g/mol. The van der Waals surface area contributed by atoms with Crippen molar-refractivity contribution in [1.29, 1.82) is 0 Å². The molecule has 0 radical (unpaired) electrons. The van der Waals surface area contributed by atoms with E-state index in [9.17, 15) is 4.79 Å². The first-order valence-electron chi connectivity index (χ1n) is 9.11. The van der Waals surface area contributed by atoms with Crippen LogP contribution in [0, 0.1) is 10.5 Å². The molecule has 0 unspecified atom stereocenters. The fraction of sp³-hybridized carbons (Fsp3) is 0.130. The lowest BCUT2D eigenvalue weighted by molar-refractivity contribution is 0.0955. The van der Waals surface area contributed by atoms with Gasteiger partial charge in [0, 0.05) is 10.0 Å². The molecule has 0 aliphatic heterocycles. The summed E-state index contributed by atoms with van der Waals surface area (Å²) in [7, 11) is 1.60. The number of ether oxygens (including phenoxy) is 2. The molecule has 3 rings (SSSR count). The van der Waals surface area contributed by atoms with Gasteiger partial charge in [0.05, 0.1) is 16.9 Å². The Morgan fingerprint density at radius 2 is 1.93 bits per heavy atom. The first-order valence-corrected chi connectivity index (χ1v) is 11.0. The average Bonchev–Trinajstić information content (AvgIpc) is 2.73. The Labute approximate surface area is 197 Å². The van der Waals surface area contributed by atoms with E-state index in [0.717, 1.165) is 24.7 Å². The minimum absolute atomic E-state index is 0.258. The number of benzene rings is 3. The van der Waals surface area contributed by atoms with Gasteiger partial charge < -0.3 is 9.47 Å². The number of hydrazone groups is 1. The van der Waals surface area contributed by atoms with Crippen molar-refractivity contribution in [2.24, 2.45) is 5.10 Å². The normalized spacial score (nSPS) is 10.8. The summed E-state index contributed by atoms with van der Waals surface area (Å²) in [5, 5.41) is 4.07. The molecule has 1 amide bonds. The summed E-state index contributed by atoms with van der Waals surface area (Å²) in [6, 6.07) is 19.0. The zero-order valence-electron chi connectivity index (χ0n) is 16.5. The van der Waals surface area contributed by atoms with E-state index in [1.54, 1.807) is 19.4 Å². The van der Waals surface area contributed by atoms with Crippen molar-refractivity contribution < 1.29 is 14.3 Å². The lowest BCUT2D eigenvalue weighted by Gasteiger charge is -2.13. The Kier molecular flexibility index (Phi) is 7.87. The number of aryl methyl sites for hydroxylation is 1. The highest BCUT2D eigenvalue weighted by Gasteiger charge is 2.12.